The maximum absolute atomic E-state index is 6.10. The van der Waals surface area contributed by atoms with Crippen molar-refractivity contribution < 1.29 is 9.47 Å². The van der Waals surface area contributed by atoms with Crippen LogP contribution in [-0.2, 0) is 0 Å². The van der Waals surface area contributed by atoms with E-state index in [1.165, 1.54) is 69.1 Å². The molecule has 6 heteroatoms. The standard InChI is InChI=1S/C24H39N3O2S/c1-4-6-7-8-9-10-11-12-13-14-17-30-20-15-16-21(22(18-20)28-3)27-23(25)19-24(26-27)29-5-2/h15-16,18-19H,4-14,17,25H2,1-3H3. The number of hydrogen-bond donors (Lipinski definition) is 1. The molecule has 2 aromatic rings. The van der Waals surface area contributed by atoms with Crippen molar-refractivity contribution in [2.24, 2.45) is 0 Å². The molecule has 0 spiro atoms. The zero-order valence-electron chi connectivity index (χ0n) is 19.0. The lowest BCUT2D eigenvalue weighted by Gasteiger charge is -2.11. The van der Waals surface area contributed by atoms with Crippen LogP contribution in [0, 0.1) is 0 Å². The Kier molecular flexibility index (Phi) is 11.6. The predicted octanol–water partition coefficient (Wildman–Crippen LogP) is 6.87. The second kappa shape index (κ2) is 14.2. The van der Waals surface area contributed by atoms with Crippen LogP contribution in [0.15, 0.2) is 29.2 Å². The van der Waals surface area contributed by atoms with E-state index in [-0.39, 0.29) is 0 Å². The molecule has 0 unspecified atom stereocenters. The second-order valence-electron chi connectivity index (χ2n) is 7.62. The van der Waals surface area contributed by atoms with Gasteiger partial charge in [0.1, 0.15) is 17.3 Å². The average Bonchev–Trinajstić information content (AvgIpc) is 3.12. The number of nitrogens with two attached hydrogens (primary N) is 1. The molecule has 0 bridgehead atoms. The highest BCUT2D eigenvalue weighted by atomic mass is 32.2. The van der Waals surface area contributed by atoms with E-state index in [4.69, 9.17) is 15.2 Å². The summed E-state index contributed by atoms with van der Waals surface area (Å²) in [7, 11) is 1.68. The molecule has 0 aliphatic carbocycles. The Morgan fingerprint density at radius 2 is 1.60 bits per heavy atom. The van der Waals surface area contributed by atoms with Gasteiger partial charge in [0.25, 0.3) is 0 Å². The molecule has 0 saturated carbocycles. The Bertz CT molecular complexity index is 733. The molecule has 1 aromatic heterocycles. The number of unbranched alkanes of at least 4 members (excludes halogenated alkanes) is 9. The van der Waals surface area contributed by atoms with Crippen LogP contribution in [0.5, 0.6) is 11.6 Å². The topological polar surface area (TPSA) is 62.3 Å². The molecule has 0 radical (unpaired) electrons. The van der Waals surface area contributed by atoms with Gasteiger partial charge in [-0.3, -0.25) is 0 Å². The number of nitrogen functional groups attached to an aromatic ring is 1. The van der Waals surface area contributed by atoms with E-state index in [0.29, 0.717) is 18.3 Å². The number of nitrogens with zero attached hydrogens (tertiary/aromatic N) is 2. The third-order valence-electron chi connectivity index (χ3n) is 5.15. The number of rotatable bonds is 16. The van der Waals surface area contributed by atoms with E-state index in [2.05, 4.69) is 24.2 Å². The Hall–Kier alpha value is -1.82. The maximum Gasteiger partial charge on any atom is 0.235 e. The van der Waals surface area contributed by atoms with E-state index in [0.717, 1.165) is 17.2 Å². The first-order chi connectivity index (χ1) is 14.7. The van der Waals surface area contributed by atoms with Gasteiger partial charge in [0.15, 0.2) is 0 Å². The van der Waals surface area contributed by atoms with Gasteiger partial charge in [0.05, 0.1) is 13.7 Å². The SMILES string of the molecule is CCCCCCCCCCCCSc1ccc(-n2nc(OCC)cc2N)c(OC)c1. The van der Waals surface area contributed by atoms with Crippen LogP contribution in [-0.4, -0.2) is 29.3 Å². The maximum atomic E-state index is 6.10. The van der Waals surface area contributed by atoms with Gasteiger partial charge < -0.3 is 15.2 Å². The first kappa shape index (κ1) is 24.4. The number of aromatic nitrogens is 2. The fourth-order valence-electron chi connectivity index (χ4n) is 3.49. The molecule has 0 saturated heterocycles. The Labute approximate surface area is 186 Å². The monoisotopic (exact) mass is 433 g/mol. The minimum atomic E-state index is 0.525. The number of methoxy groups -OCH3 is 1. The van der Waals surface area contributed by atoms with E-state index in [1.807, 2.05) is 24.8 Å². The van der Waals surface area contributed by atoms with Crippen molar-refractivity contribution in [2.45, 2.75) is 83.0 Å². The summed E-state index contributed by atoms with van der Waals surface area (Å²) in [4.78, 5) is 1.21. The molecule has 0 aliphatic rings. The molecule has 168 valence electrons. The number of anilines is 1. The zero-order chi connectivity index (χ0) is 21.6. The fourth-order valence-corrected chi connectivity index (χ4v) is 4.43. The van der Waals surface area contributed by atoms with Crippen molar-refractivity contribution in [3.8, 4) is 17.3 Å². The number of thioether (sulfide) groups is 1. The summed E-state index contributed by atoms with van der Waals surface area (Å²) >= 11 is 1.88. The van der Waals surface area contributed by atoms with E-state index >= 15 is 0 Å². The molecule has 1 heterocycles. The fraction of sp³-hybridized carbons (Fsp3) is 0.625. The van der Waals surface area contributed by atoms with Gasteiger partial charge in [-0.25, -0.2) is 4.68 Å². The summed E-state index contributed by atoms with van der Waals surface area (Å²) < 4.78 is 12.7. The first-order valence-corrected chi connectivity index (χ1v) is 12.5. The average molecular weight is 434 g/mol. The molecular formula is C24H39N3O2S. The van der Waals surface area contributed by atoms with Crippen LogP contribution in [0.1, 0.15) is 78.1 Å². The molecule has 0 aliphatic heterocycles. The van der Waals surface area contributed by atoms with Crippen LogP contribution in [0.4, 0.5) is 5.82 Å². The predicted molar refractivity (Wildman–Crippen MR) is 128 cm³/mol. The summed E-state index contributed by atoms with van der Waals surface area (Å²) in [6, 6.07) is 7.92. The molecule has 0 atom stereocenters. The van der Waals surface area contributed by atoms with Crippen LogP contribution in [0.3, 0.4) is 0 Å². The van der Waals surface area contributed by atoms with Gasteiger partial charge >= 0.3 is 0 Å². The van der Waals surface area contributed by atoms with Crippen molar-refractivity contribution in [2.75, 3.05) is 25.2 Å². The molecule has 2 rings (SSSR count). The highest BCUT2D eigenvalue weighted by Gasteiger charge is 2.13. The minimum Gasteiger partial charge on any atom is -0.494 e. The summed E-state index contributed by atoms with van der Waals surface area (Å²) in [5, 5.41) is 4.42. The van der Waals surface area contributed by atoms with Gasteiger partial charge in [-0.15, -0.1) is 16.9 Å². The molecular weight excluding hydrogens is 394 g/mol. The highest BCUT2D eigenvalue weighted by molar-refractivity contribution is 7.99. The lowest BCUT2D eigenvalue weighted by atomic mass is 10.1. The van der Waals surface area contributed by atoms with Gasteiger partial charge in [-0.05, 0) is 37.3 Å². The van der Waals surface area contributed by atoms with Gasteiger partial charge in [-0.2, -0.15) is 0 Å². The zero-order valence-corrected chi connectivity index (χ0v) is 19.8. The summed E-state index contributed by atoms with van der Waals surface area (Å²) in [6.07, 6.45) is 13.7. The van der Waals surface area contributed by atoms with E-state index in [9.17, 15) is 0 Å². The summed E-state index contributed by atoms with van der Waals surface area (Å²) in [5.74, 6) is 2.96. The van der Waals surface area contributed by atoms with Crippen LogP contribution >= 0.6 is 11.8 Å². The molecule has 0 fully saturated rings. The molecule has 1 aromatic carbocycles. The number of hydrogen-bond acceptors (Lipinski definition) is 5. The largest absolute Gasteiger partial charge is 0.494 e. The van der Waals surface area contributed by atoms with Gasteiger partial charge in [0.2, 0.25) is 5.88 Å². The molecule has 0 amide bonds. The molecule has 5 nitrogen and oxygen atoms in total. The summed E-state index contributed by atoms with van der Waals surface area (Å²) in [6.45, 7) is 4.76. The highest BCUT2D eigenvalue weighted by Crippen LogP contribution is 2.31. The van der Waals surface area contributed by atoms with Crippen molar-refractivity contribution in [3.63, 3.8) is 0 Å². The first-order valence-electron chi connectivity index (χ1n) is 11.5. The summed E-state index contributed by atoms with van der Waals surface area (Å²) in [5.41, 5.74) is 6.93. The Balaban J connectivity index is 1.74. The third kappa shape index (κ3) is 8.13. The van der Waals surface area contributed by atoms with Crippen molar-refractivity contribution in [1.82, 2.24) is 9.78 Å². The third-order valence-corrected chi connectivity index (χ3v) is 6.23. The van der Waals surface area contributed by atoms with Crippen LogP contribution in [0.2, 0.25) is 0 Å². The van der Waals surface area contributed by atoms with Crippen LogP contribution in [0.25, 0.3) is 5.69 Å². The Morgan fingerprint density at radius 1 is 0.933 bits per heavy atom. The second-order valence-corrected chi connectivity index (χ2v) is 8.78. The lowest BCUT2D eigenvalue weighted by Crippen LogP contribution is -2.04. The van der Waals surface area contributed by atoms with Gasteiger partial charge in [0, 0.05) is 11.0 Å². The smallest absolute Gasteiger partial charge is 0.235 e. The quantitative estimate of drug-likeness (QED) is 0.231. The normalized spacial score (nSPS) is 11.0. The van der Waals surface area contributed by atoms with Crippen LogP contribution < -0.4 is 15.2 Å². The van der Waals surface area contributed by atoms with E-state index < -0.39 is 0 Å². The molecule has 30 heavy (non-hydrogen) atoms. The number of benzene rings is 1. The minimum absolute atomic E-state index is 0.525. The lowest BCUT2D eigenvalue weighted by molar-refractivity contribution is 0.324. The van der Waals surface area contributed by atoms with E-state index in [1.54, 1.807) is 17.9 Å². The van der Waals surface area contributed by atoms with Crippen molar-refractivity contribution >= 4 is 17.6 Å². The van der Waals surface area contributed by atoms with Gasteiger partial charge in [-0.1, -0.05) is 64.7 Å². The van der Waals surface area contributed by atoms with Crippen molar-refractivity contribution in [3.05, 3.63) is 24.3 Å². The van der Waals surface area contributed by atoms with Crippen molar-refractivity contribution in [1.29, 1.82) is 0 Å². The number of ether oxygens (including phenoxy) is 2. The molecule has 2 N–H and O–H groups in total. The Morgan fingerprint density at radius 3 is 2.23 bits per heavy atom.